The van der Waals surface area contributed by atoms with Gasteiger partial charge in [-0.05, 0) is 55.2 Å². The molecule has 0 bridgehead atoms. The molecule has 29 heavy (non-hydrogen) atoms. The quantitative estimate of drug-likeness (QED) is 0.638. The fourth-order valence-corrected chi connectivity index (χ4v) is 3.37. The summed E-state index contributed by atoms with van der Waals surface area (Å²) >= 11 is 0. The molecule has 0 aliphatic carbocycles. The van der Waals surface area contributed by atoms with Crippen molar-refractivity contribution in [3.05, 3.63) is 85.1 Å². The maximum absolute atomic E-state index is 13.4. The van der Waals surface area contributed by atoms with E-state index in [9.17, 15) is 14.4 Å². The SMILES string of the molecule is Cc1cc(C)nc(C(=O)c2c(C(C)C)c(=O)[nH]c(=O)n2Cc2ccnc(N)c2)c1. The van der Waals surface area contributed by atoms with Crippen LogP contribution >= 0.6 is 0 Å². The van der Waals surface area contributed by atoms with Crippen LogP contribution in [-0.4, -0.2) is 25.3 Å². The fourth-order valence-electron chi connectivity index (χ4n) is 3.37. The molecule has 0 aliphatic heterocycles. The lowest BCUT2D eigenvalue weighted by Crippen LogP contribution is -2.38. The predicted molar refractivity (Wildman–Crippen MR) is 110 cm³/mol. The average molecular weight is 393 g/mol. The number of carbonyl (C=O) groups is 1. The van der Waals surface area contributed by atoms with E-state index in [2.05, 4.69) is 15.0 Å². The minimum Gasteiger partial charge on any atom is -0.384 e. The zero-order valence-electron chi connectivity index (χ0n) is 16.8. The first-order chi connectivity index (χ1) is 13.7. The Kier molecular flexibility index (Phi) is 5.45. The molecule has 0 atom stereocenters. The molecule has 0 saturated carbocycles. The van der Waals surface area contributed by atoms with E-state index in [4.69, 9.17) is 5.73 Å². The fraction of sp³-hybridized carbons (Fsp3) is 0.286. The smallest absolute Gasteiger partial charge is 0.329 e. The molecule has 0 aliphatic rings. The van der Waals surface area contributed by atoms with Gasteiger partial charge in [-0.3, -0.25) is 19.1 Å². The van der Waals surface area contributed by atoms with Gasteiger partial charge in [-0.1, -0.05) is 13.8 Å². The highest BCUT2D eigenvalue weighted by molar-refractivity contribution is 6.07. The van der Waals surface area contributed by atoms with E-state index >= 15 is 0 Å². The molecule has 0 radical (unpaired) electrons. The zero-order chi connectivity index (χ0) is 21.3. The summed E-state index contributed by atoms with van der Waals surface area (Å²) in [6.45, 7) is 7.32. The number of pyridine rings is 2. The van der Waals surface area contributed by atoms with Gasteiger partial charge in [0, 0.05) is 17.5 Å². The van der Waals surface area contributed by atoms with Crippen LogP contribution in [0.4, 0.5) is 5.82 Å². The van der Waals surface area contributed by atoms with E-state index in [0.29, 0.717) is 17.1 Å². The van der Waals surface area contributed by atoms with Gasteiger partial charge in [0.1, 0.15) is 17.2 Å². The zero-order valence-corrected chi connectivity index (χ0v) is 16.8. The normalized spacial score (nSPS) is 11.1. The Morgan fingerprint density at radius 3 is 2.55 bits per heavy atom. The van der Waals surface area contributed by atoms with Crippen LogP contribution in [0.3, 0.4) is 0 Å². The molecule has 8 nitrogen and oxygen atoms in total. The lowest BCUT2D eigenvalue weighted by Gasteiger charge is -2.17. The standard InChI is InChI=1S/C21H23N5O3/c1-11(2)17-18(19(27)15-8-12(3)7-13(4)24-15)26(21(29)25-20(17)28)10-14-5-6-23-16(22)9-14/h5-9,11H,10H2,1-4H3,(H2,22,23)(H,25,28,29). The Hall–Kier alpha value is -3.55. The highest BCUT2D eigenvalue weighted by Gasteiger charge is 2.25. The second-order valence-corrected chi connectivity index (χ2v) is 7.35. The van der Waals surface area contributed by atoms with Crippen LogP contribution in [0.15, 0.2) is 40.1 Å². The molecule has 3 aromatic rings. The summed E-state index contributed by atoms with van der Waals surface area (Å²) in [4.78, 5) is 49.3. The predicted octanol–water partition coefficient (Wildman–Crippen LogP) is 1.93. The first kappa shape index (κ1) is 20.2. The first-order valence-corrected chi connectivity index (χ1v) is 9.24. The van der Waals surface area contributed by atoms with Crippen LogP contribution in [0.2, 0.25) is 0 Å². The second kappa shape index (κ2) is 7.83. The number of nitrogen functional groups attached to an aromatic ring is 1. The number of anilines is 1. The van der Waals surface area contributed by atoms with Gasteiger partial charge in [-0.15, -0.1) is 0 Å². The van der Waals surface area contributed by atoms with Crippen LogP contribution in [0, 0.1) is 13.8 Å². The van der Waals surface area contributed by atoms with Crippen molar-refractivity contribution in [3.8, 4) is 0 Å². The van der Waals surface area contributed by atoms with Crippen molar-refractivity contribution in [1.82, 2.24) is 19.5 Å². The minimum absolute atomic E-state index is 0.0432. The van der Waals surface area contributed by atoms with Gasteiger partial charge >= 0.3 is 5.69 Å². The van der Waals surface area contributed by atoms with Crippen molar-refractivity contribution in [2.24, 2.45) is 0 Å². The molecule has 0 aromatic carbocycles. The number of aryl methyl sites for hydroxylation is 2. The lowest BCUT2D eigenvalue weighted by atomic mass is 9.98. The Balaban J connectivity index is 2.28. The van der Waals surface area contributed by atoms with E-state index in [1.807, 2.05) is 13.0 Å². The van der Waals surface area contributed by atoms with Crippen molar-refractivity contribution in [2.75, 3.05) is 5.73 Å². The summed E-state index contributed by atoms with van der Waals surface area (Å²) in [5.41, 5.74) is 7.23. The second-order valence-electron chi connectivity index (χ2n) is 7.35. The van der Waals surface area contributed by atoms with Gasteiger partial charge in [0.2, 0.25) is 5.78 Å². The molecule has 3 aromatic heterocycles. The Morgan fingerprint density at radius 2 is 1.93 bits per heavy atom. The number of nitrogens with two attached hydrogens (primary N) is 1. The first-order valence-electron chi connectivity index (χ1n) is 9.24. The molecule has 0 spiro atoms. The third kappa shape index (κ3) is 4.16. The van der Waals surface area contributed by atoms with Crippen molar-refractivity contribution < 1.29 is 4.79 Å². The number of hydrogen-bond acceptors (Lipinski definition) is 6. The van der Waals surface area contributed by atoms with Crippen LogP contribution in [0.1, 0.15) is 58.3 Å². The third-order valence-corrected chi connectivity index (χ3v) is 4.54. The van der Waals surface area contributed by atoms with Crippen LogP contribution in [-0.2, 0) is 6.54 Å². The molecule has 0 amide bonds. The number of aromatic amines is 1. The van der Waals surface area contributed by atoms with E-state index in [1.54, 1.807) is 39.0 Å². The van der Waals surface area contributed by atoms with Gasteiger partial charge in [0.05, 0.1) is 6.54 Å². The Bertz CT molecular complexity index is 1190. The van der Waals surface area contributed by atoms with Gasteiger partial charge < -0.3 is 5.73 Å². The number of ketones is 1. The number of nitrogens with zero attached hydrogens (tertiary/aromatic N) is 3. The molecule has 150 valence electrons. The van der Waals surface area contributed by atoms with Crippen LogP contribution < -0.4 is 17.0 Å². The summed E-state index contributed by atoms with van der Waals surface area (Å²) in [7, 11) is 0. The topological polar surface area (TPSA) is 124 Å². The molecule has 0 saturated heterocycles. The summed E-state index contributed by atoms with van der Waals surface area (Å²) in [6.07, 6.45) is 1.53. The Labute approximate surface area is 167 Å². The van der Waals surface area contributed by atoms with E-state index in [1.165, 1.54) is 10.8 Å². The van der Waals surface area contributed by atoms with Crippen molar-refractivity contribution in [1.29, 1.82) is 0 Å². The summed E-state index contributed by atoms with van der Waals surface area (Å²) in [5, 5.41) is 0. The summed E-state index contributed by atoms with van der Waals surface area (Å²) in [5.74, 6) is -0.448. The molecule has 0 fully saturated rings. The van der Waals surface area contributed by atoms with Crippen LogP contribution in [0.5, 0.6) is 0 Å². The number of H-pyrrole nitrogens is 1. The Morgan fingerprint density at radius 1 is 1.21 bits per heavy atom. The maximum Gasteiger partial charge on any atom is 0.329 e. The lowest BCUT2D eigenvalue weighted by molar-refractivity contribution is 0.102. The molecular formula is C21H23N5O3. The highest BCUT2D eigenvalue weighted by Crippen LogP contribution is 2.19. The molecule has 0 unspecified atom stereocenters. The van der Waals surface area contributed by atoms with Gasteiger partial charge in [-0.2, -0.15) is 0 Å². The van der Waals surface area contributed by atoms with Gasteiger partial charge in [-0.25, -0.2) is 14.8 Å². The molecule has 3 heterocycles. The van der Waals surface area contributed by atoms with Gasteiger partial charge in [0.15, 0.2) is 0 Å². The number of hydrogen-bond donors (Lipinski definition) is 2. The van der Waals surface area contributed by atoms with E-state index < -0.39 is 17.0 Å². The monoisotopic (exact) mass is 393 g/mol. The average Bonchev–Trinajstić information content (AvgIpc) is 2.62. The van der Waals surface area contributed by atoms with E-state index in [0.717, 1.165) is 5.56 Å². The molecule has 3 N–H and O–H groups in total. The molecule has 8 heteroatoms. The third-order valence-electron chi connectivity index (χ3n) is 4.54. The summed E-state index contributed by atoms with van der Waals surface area (Å²) in [6, 6.07) is 6.83. The number of nitrogens with one attached hydrogen (secondary N) is 1. The number of carbonyl (C=O) groups excluding carboxylic acids is 1. The minimum atomic E-state index is -0.664. The van der Waals surface area contributed by atoms with Gasteiger partial charge in [0.25, 0.3) is 5.56 Å². The van der Waals surface area contributed by atoms with Crippen molar-refractivity contribution >= 4 is 11.6 Å². The van der Waals surface area contributed by atoms with Crippen molar-refractivity contribution in [2.45, 2.75) is 40.2 Å². The largest absolute Gasteiger partial charge is 0.384 e. The molecule has 3 rings (SSSR count). The highest BCUT2D eigenvalue weighted by atomic mass is 16.2. The summed E-state index contributed by atoms with van der Waals surface area (Å²) < 4.78 is 1.27. The number of rotatable bonds is 5. The van der Waals surface area contributed by atoms with Crippen LogP contribution in [0.25, 0.3) is 0 Å². The molecular weight excluding hydrogens is 370 g/mol. The number of aromatic nitrogens is 4. The van der Waals surface area contributed by atoms with E-state index in [-0.39, 0.29) is 29.4 Å². The van der Waals surface area contributed by atoms with Crippen molar-refractivity contribution in [3.63, 3.8) is 0 Å². The maximum atomic E-state index is 13.4.